The van der Waals surface area contributed by atoms with E-state index in [2.05, 4.69) is 20.7 Å². The van der Waals surface area contributed by atoms with Crippen molar-refractivity contribution in [2.45, 2.75) is 6.18 Å². The van der Waals surface area contributed by atoms with Crippen LogP contribution in [0.25, 0.3) is 16.9 Å². The molecule has 0 radical (unpaired) electrons. The van der Waals surface area contributed by atoms with E-state index >= 15 is 0 Å². The summed E-state index contributed by atoms with van der Waals surface area (Å²) in [4.78, 5) is 27.7. The number of alkyl halides is 3. The highest BCUT2D eigenvalue weighted by molar-refractivity contribution is 6.30. The number of aromatic carboxylic acids is 1. The second-order valence-electron chi connectivity index (χ2n) is 6.78. The summed E-state index contributed by atoms with van der Waals surface area (Å²) < 4.78 is 41.1. The summed E-state index contributed by atoms with van der Waals surface area (Å²) in [6, 6.07) is 10.1. The summed E-state index contributed by atoms with van der Waals surface area (Å²) >= 11 is 5.65. The molecule has 2 heterocycles. The van der Waals surface area contributed by atoms with E-state index in [0.717, 1.165) is 12.1 Å². The zero-order valence-corrected chi connectivity index (χ0v) is 17.1. The molecule has 0 spiro atoms. The molecular weight excluding hydrogens is 463 g/mol. The number of amides is 2. The van der Waals surface area contributed by atoms with E-state index in [1.807, 2.05) is 0 Å². The number of hydrogen-bond acceptors (Lipinski definition) is 4. The minimum atomic E-state index is -4.71. The van der Waals surface area contributed by atoms with E-state index in [9.17, 15) is 27.9 Å². The summed E-state index contributed by atoms with van der Waals surface area (Å²) in [7, 11) is 0. The normalized spacial score (nSPS) is 11.4. The van der Waals surface area contributed by atoms with Crippen LogP contribution < -0.4 is 10.6 Å². The second kappa shape index (κ2) is 8.43. The molecule has 4 rings (SSSR count). The lowest BCUT2D eigenvalue weighted by Gasteiger charge is -2.15. The van der Waals surface area contributed by atoms with Crippen LogP contribution in [0.4, 0.5) is 29.3 Å². The van der Waals surface area contributed by atoms with Gasteiger partial charge in [0.2, 0.25) is 0 Å². The van der Waals surface area contributed by atoms with Gasteiger partial charge < -0.3 is 15.7 Å². The number of anilines is 2. The van der Waals surface area contributed by atoms with Gasteiger partial charge in [-0.2, -0.15) is 18.3 Å². The molecular formula is C21H13ClF3N5O3. The minimum absolute atomic E-state index is 0.0751. The fourth-order valence-electron chi connectivity index (χ4n) is 3.16. The van der Waals surface area contributed by atoms with Gasteiger partial charge in [-0.15, -0.1) is 0 Å². The lowest BCUT2D eigenvalue weighted by Crippen LogP contribution is -2.21. The number of nitrogens with one attached hydrogen (secondary N) is 2. The smallest absolute Gasteiger partial charge is 0.418 e. The number of fused-ring (bicyclic) bond motifs is 1. The van der Waals surface area contributed by atoms with Crippen molar-refractivity contribution < 1.29 is 27.9 Å². The molecule has 2 aromatic heterocycles. The van der Waals surface area contributed by atoms with Gasteiger partial charge in [0.15, 0.2) is 5.65 Å². The maximum atomic E-state index is 13.2. The van der Waals surface area contributed by atoms with Crippen LogP contribution in [0.5, 0.6) is 0 Å². The minimum Gasteiger partial charge on any atom is -0.477 e. The van der Waals surface area contributed by atoms with Gasteiger partial charge in [0, 0.05) is 22.5 Å². The summed E-state index contributed by atoms with van der Waals surface area (Å²) in [6.07, 6.45) is -2.11. The van der Waals surface area contributed by atoms with E-state index in [1.165, 1.54) is 23.0 Å². The molecule has 2 amide bonds. The van der Waals surface area contributed by atoms with E-state index in [-0.39, 0.29) is 21.9 Å². The molecule has 33 heavy (non-hydrogen) atoms. The van der Waals surface area contributed by atoms with Crippen molar-refractivity contribution in [1.29, 1.82) is 0 Å². The van der Waals surface area contributed by atoms with Crippen LogP contribution in [0.2, 0.25) is 5.02 Å². The first-order valence-electron chi connectivity index (χ1n) is 9.25. The average molecular weight is 476 g/mol. The van der Waals surface area contributed by atoms with Crippen LogP contribution in [0.1, 0.15) is 15.9 Å². The number of carbonyl (C=O) groups is 2. The first kappa shape index (κ1) is 22.1. The topological polar surface area (TPSA) is 109 Å². The third kappa shape index (κ3) is 4.58. The Morgan fingerprint density at radius 2 is 1.85 bits per heavy atom. The number of halogens is 4. The Hall–Kier alpha value is -4.12. The third-order valence-corrected chi connectivity index (χ3v) is 4.82. The highest BCUT2D eigenvalue weighted by atomic mass is 35.5. The number of carbonyl (C=O) groups excluding carboxylic acids is 1. The van der Waals surface area contributed by atoms with Crippen molar-refractivity contribution >= 4 is 40.6 Å². The average Bonchev–Trinajstić information content (AvgIpc) is 3.19. The highest BCUT2D eigenvalue weighted by Crippen LogP contribution is 2.36. The molecule has 8 nitrogen and oxygen atoms in total. The highest BCUT2D eigenvalue weighted by Gasteiger charge is 2.34. The fraction of sp³-hybridized carbons (Fsp3) is 0.0476. The Bertz CT molecular complexity index is 1390. The molecule has 3 N–H and O–H groups in total. The molecule has 0 unspecified atom stereocenters. The standard InChI is InChI=1S/C21H13ClF3N5O3/c22-12-4-5-16(15(9-12)21(23,24)25)29-20(33)28-13-3-1-2-11(8-13)17-6-7-26-18-14(19(31)32)10-27-30(17)18/h1-10H,(H,31,32)(H2,28,29,33). The van der Waals surface area contributed by atoms with Gasteiger partial charge in [0.25, 0.3) is 0 Å². The number of carboxylic acids is 1. The third-order valence-electron chi connectivity index (χ3n) is 4.58. The Labute approximate surface area is 188 Å². The van der Waals surface area contributed by atoms with Crippen molar-refractivity contribution in [2.75, 3.05) is 10.6 Å². The van der Waals surface area contributed by atoms with E-state index in [1.54, 1.807) is 30.3 Å². The van der Waals surface area contributed by atoms with Gasteiger partial charge in [-0.25, -0.2) is 19.1 Å². The monoisotopic (exact) mass is 475 g/mol. The summed E-state index contributed by atoms with van der Waals surface area (Å²) in [5.41, 5.74) is -0.132. The molecule has 4 aromatic rings. The number of hydrogen-bond donors (Lipinski definition) is 3. The van der Waals surface area contributed by atoms with Gasteiger partial charge in [0.05, 0.1) is 23.1 Å². The molecule has 168 valence electrons. The van der Waals surface area contributed by atoms with Crippen LogP contribution in [-0.4, -0.2) is 31.7 Å². The summed E-state index contributed by atoms with van der Waals surface area (Å²) in [5.74, 6) is -1.18. The fourth-order valence-corrected chi connectivity index (χ4v) is 3.33. The second-order valence-corrected chi connectivity index (χ2v) is 7.21. The zero-order chi connectivity index (χ0) is 23.8. The van der Waals surface area contributed by atoms with Gasteiger partial charge in [-0.3, -0.25) is 0 Å². The summed E-state index contributed by atoms with van der Waals surface area (Å²) in [6.45, 7) is 0. The van der Waals surface area contributed by atoms with Crippen molar-refractivity contribution in [3.63, 3.8) is 0 Å². The van der Waals surface area contributed by atoms with Crippen molar-refractivity contribution in [3.8, 4) is 11.3 Å². The lowest BCUT2D eigenvalue weighted by molar-refractivity contribution is -0.136. The van der Waals surface area contributed by atoms with Gasteiger partial charge in [-0.1, -0.05) is 23.7 Å². The number of carboxylic acid groups (broad SMARTS) is 1. The van der Waals surface area contributed by atoms with Crippen molar-refractivity contribution in [2.24, 2.45) is 0 Å². The van der Waals surface area contributed by atoms with Crippen LogP contribution in [0.15, 0.2) is 60.9 Å². The molecule has 12 heteroatoms. The van der Waals surface area contributed by atoms with Crippen LogP contribution >= 0.6 is 11.6 Å². The quantitative estimate of drug-likeness (QED) is 0.365. The number of urea groups is 1. The van der Waals surface area contributed by atoms with Gasteiger partial charge >= 0.3 is 18.2 Å². The molecule has 0 atom stereocenters. The number of benzene rings is 2. The van der Waals surface area contributed by atoms with Crippen LogP contribution in [0.3, 0.4) is 0 Å². The summed E-state index contributed by atoms with van der Waals surface area (Å²) in [5, 5.41) is 17.9. The lowest BCUT2D eigenvalue weighted by atomic mass is 10.1. The van der Waals surface area contributed by atoms with Crippen LogP contribution in [-0.2, 0) is 6.18 Å². The van der Waals surface area contributed by atoms with E-state index < -0.39 is 29.4 Å². The maximum absolute atomic E-state index is 13.2. The molecule has 2 aromatic carbocycles. The maximum Gasteiger partial charge on any atom is 0.418 e. The van der Waals surface area contributed by atoms with Crippen molar-refractivity contribution in [1.82, 2.24) is 14.6 Å². The largest absolute Gasteiger partial charge is 0.477 e. The molecule has 0 aliphatic carbocycles. The number of nitrogens with zero attached hydrogens (tertiary/aromatic N) is 3. The number of aromatic nitrogens is 3. The molecule has 0 aliphatic heterocycles. The van der Waals surface area contributed by atoms with Crippen molar-refractivity contribution in [3.05, 3.63) is 77.1 Å². The van der Waals surface area contributed by atoms with E-state index in [0.29, 0.717) is 11.3 Å². The SMILES string of the molecule is O=C(Nc1cccc(-c2ccnc3c(C(=O)O)cnn23)c1)Nc1ccc(Cl)cc1C(F)(F)F. The van der Waals surface area contributed by atoms with Crippen LogP contribution in [0, 0.1) is 0 Å². The van der Waals surface area contributed by atoms with E-state index in [4.69, 9.17) is 11.6 Å². The zero-order valence-electron chi connectivity index (χ0n) is 16.4. The molecule has 0 aliphatic rings. The first-order chi connectivity index (χ1) is 15.6. The van der Waals surface area contributed by atoms with Gasteiger partial charge in [0.1, 0.15) is 5.56 Å². The molecule has 0 saturated heterocycles. The molecule has 0 bridgehead atoms. The Morgan fingerprint density at radius 3 is 2.58 bits per heavy atom. The first-order valence-corrected chi connectivity index (χ1v) is 9.62. The number of rotatable bonds is 4. The molecule has 0 fully saturated rings. The predicted molar refractivity (Wildman–Crippen MR) is 114 cm³/mol. The Kier molecular flexibility index (Phi) is 5.64. The molecule has 0 saturated carbocycles. The predicted octanol–water partition coefficient (Wildman–Crippen LogP) is 5.41. The Morgan fingerprint density at radius 1 is 1.06 bits per heavy atom. The van der Waals surface area contributed by atoms with Gasteiger partial charge in [-0.05, 0) is 36.4 Å². The Balaban J connectivity index is 1.60.